The minimum Gasteiger partial charge on any atom is -0.378 e. The highest BCUT2D eigenvalue weighted by Crippen LogP contribution is 2.17. The van der Waals surface area contributed by atoms with Crippen LogP contribution >= 0.6 is 0 Å². The molecule has 2 aromatic carbocycles. The normalized spacial score (nSPS) is 15.7. The number of benzene rings is 2. The molecule has 4 nitrogen and oxygen atoms in total. The van der Waals surface area contributed by atoms with Crippen LogP contribution in [0.3, 0.4) is 0 Å². The summed E-state index contributed by atoms with van der Waals surface area (Å²) >= 11 is 0. The van der Waals surface area contributed by atoms with Crippen molar-refractivity contribution in [3.63, 3.8) is 0 Å². The molecular weight excluding hydrogens is 322 g/mol. The van der Waals surface area contributed by atoms with Crippen LogP contribution in [0.15, 0.2) is 48.5 Å². The van der Waals surface area contributed by atoms with Crippen LogP contribution in [0.1, 0.15) is 40.4 Å². The number of nitrogens with one attached hydrogen (secondary N) is 2. The maximum Gasteiger partial charge on any atom is 0.251 e. The third kappa shape index (κ3) is 4.44. The topological polar surface area (TPSA) is 36.8 Å². The van der Waals surface area contributed by atoms with Gasteiger partial charge in [-0.15, -0.1) is 0 Å². The smallest absolute Gasteiger partial charge is 0.251 e. The summed E-state index contributed by atoms with van der Waals surface area (Å²) in [4.78, 5) is 16.3. The van der Waals surface area contributed by atoms with Gasteiger partial charge in [-0.05, 0) is 31.2 Å². The number of carbonyl (C=O) groups is 1. The summed E-state index contributed by atoms with van der Waals surface area (Å²) in [5.74, 6) is 0.0159. The van der Waals surface area contributed by atoms with Crippen LogP contribution < -0.4 is 15.1 Å². The maximum atomic E-state index is 12.6. The van der Waals surface area contributed by atoms with Gasteiger partial charge in [0.25, 0.3) is 5.91 Å². The first-order valence-electron chi connectivity index (χ1n) is 9.51. The van der Waals surface area contributed by atoms with Crippen molar-refractivity contribution in [2.45, 2.75) is 25.8 Å². The molecule has 2 aromatic rings. The molecule has 1 atom stereocenters. The van der Waals surface area contributed by atoms with Gasteiger partial charge >= 0.3 is 0 Å². The minimum absolute atomic E-state index is 0.0159. The molecule has 1 amide bonds. The number of quaternary nitrogens is 1. The average Bonchev–Trinajstić information content (AvgIpc) is 3.16. The van der Waals surface area contributed by atoms with E-state index in [-0.39, 0.29) is 5.91 Å². The Morgan fingerprint density at radius 1 is 1.12 bits per heavy atom. The lowest BCUT2D eigenvalue weighted by Crippen LogP contribution is -3.11. The lowest BCUT2D eigenvalue weighted by atomic mass is 10.0. The van der Waals surface area contributed by atoms with Crippen LogP contribution in [-0.2, 0) is 0 Å². The van der Waals surface area contributed by atoms with Crippen molar-refractivity contribution in [2.75, 3.05) is 38.6 Å². The molecule has 26 heavy (non-hydrogen) atoms. The molecule has 1 heterocycles. The lowest BCUT2D eigenvalue weighted by Gasteiger charge is -2.26. The number of hydrogen-bond donors (Lipinski definition) is 2. The molecule has 1 fully saturated rings. The van der Waals surface area contributed by atoms with E-state index >= 15 is 0 Å². The van der Waals surface area contributed by atoms with E-state index in [2.05, 4.69) is 48.6 Å². The number of nitrogens with zero attached hydrogens (tertiary/aromatic N) is 1. The molecule has 3 rings (SSSR count). The van der Waals surface area contributed by atoms with Gasteiger partial charge in [-0.25, -0.2) is 0 Å². The Morgan fingerprint density at radius 3 is 2.42 bits per heavy atom. The third-order valence-corrected chi connectivity index (χ3v) is 5.30. The first kappa shape index (κ1) is 18.5. The van der Waals surface area contributed by atoms with E-state index in [9.17, 15) is 4.79 Å². The van der Waals surface area contributed by atoms with Crippen LogP contribution in [0.5, 0.6) is 0 Å². The van der Waals surface area contributed by atoms with Crippen LogP contribution in [0, 0.1) is 6.92 Å². The Labute approximate surface area is 156 Å². The average molecular weight is 353 g/mol. The van der Waals surface area contributed by atoms with E-state index in [1.54, 1.807) is 4.90 Å². The van der Waals surface area contributed by atoms with Crippen molar-refractivity contribution in [3.05, 3.63) is 65.2 Å². The number of hydrogen-bond acceptors (Lipinski definition) is 2. The predicted molar refractivity (Wildman–Crippen MR) is 107 cm³/mol. The minimum atomic E-state index is 0.0159. The Balaban J connectivity index is 1.73. The van der Waals surface area contributed by atoms with Crippen molar-refractivity contribution in [1.29, 1.82) is 0 Å². The van der Waals surface area contributed by atoms with Crippen molar-refractivity contribution < 1.29 is 9.69 Å². The van der Waals surface area contributed by atoms with Crippen molar-refractivity contribution in [1.82, 2.24) is 5.32 Å². The van der Waals surface area contributed by atoms with Crippen LogP contribution in [0.25, 0.3) is 0 Å². The molecule has 0 radical (unpaired) electrons. The molecule has 0 unspecified atom stereocenters. The molecule has 0 spiro atoms. The SMILES string of the molecule is Cc1cccc(C(=O)NC[C@@H](c2ccc(N(C)C)cc2)[NH+]2CCCC2)c1. The fourth-order valence-corrected chi connectivity index (χ4v) is 3.76. The number of aryl methyl sites for hydroxylation is 1. The molecule has 0 aliphatic carbocycles. The zero-order chi connectivity index (χ0) is 18.5. The third-order valence-electron chi connectivity index (χ3n) is 5.30. The fraction of sp³-hybridized carbons (Fsp3) is 0.409. The summed E-state index contributed by atoms with van der Waals surface area (Å²) in [6.07, 6.45) is 2.54. The zero-order valence-electron chi connectivity index (χ0n) is 16.1. The molecule has 0 saturated carbocycles. The van der Waals surface area contributed by atoms with Gasteiger partial charge in [-0.3, -0.25) is 4.79 Å². The molecule has 4 heteroatoms. The van der Waals surface area contributed by atoms with Gasteiger partial charge in [0, 0.05) is 43.8 Å². The maximum absolute atomic E-state index is 12.6. The summed E-state index contributed by atoms with van der Waals surface area (Å²) in [5, 5.41) is 3.17. The largest absolute Gasteiger partial charge is 0.378 e. The summed E-state index contributed by atoms with van der Waals surface area (Å²) in [6.45, 7) is 5.05. The van der Waals surface area contributed by atoms with E-state index in [0.29, 0.717) is 12.6 Å². The number of carbonyl (C=O) groups excluding carboxylic acids is 1. The molecule has 1 aliphatic heterocycles. The lowest BCUT2D eigenvalue weighted by molar-refractivity contribution is -0.918. The summed E-state index contributed by atoms with van der Waals surface area (Å²) in [7, 11) is 4.11. The number of amides is 1. The van der Waals surface area contributed by atoms with E-state index in [1.165, 1.54) is 37.2 Å². The fourth-order valence-electron chi connectivity index (χ4n) is 3.76. The highest BCUT2D eigenvalue weighted by Gasteiger charge is 2.28. The van der Waals surface area contributed by atoms with Gasteiger partial charge in [-0.1, -0.05) is 29.8 Å². The number of likely N-dealkylation sites (tertiary alicyclic amines) is 1. The standard InChI is InChI=1S/C22H29N3O/c1-17-7-6-8-19(15-17)22(26)23-16-21(25-13-4-5-14-25)18-9-11-20(12-10-18)24(2)3/h6-12,15,21H,4-5,13-14,16H2,1-3H3,(H,23,26)/p+1/t21-/m0/s1. The first-order chi connectivity index (χ1) is 12.5. The van der Waals surface area contributed by atoms with Gasteiger partial charge < -0.3 is 15.1 Å². The van der Waals surface area contributed by atoms with Crippen LogP contribution in [0.2, 0.25) is 0 Å². The number of anilines is 1. The Morgan fingerprint density at radius 2 is 1.81 bits per heavy atom. The van der Waals surface area contributed by atoms with E-state index in [0.717, 1.165) is 11.1 Å². The second kappa shape index (κ2) is 8.37. The summed E-state index contributed by atoms with van der Waals surface area (Å²) in [6, 6.07) is 16.8. The molecule has 138 valence electrons. The van der Waals surface area contributed by atoms with Gasteiger partial charge in [-0.2, -0.15) is 0 Å². The van der Waals surface area contributed by atoms with Crippen LogP contribution in [0.4, 0.5) is 5.69 Å². The van der Waals surface area contributed by atoms with Gasteiger partial charge in [0.1, 0.15) is 6.04 Å². The van der Waals surface area contributed by atoms with Crippen molar-refractivity contribution in [2.24, 2.45) is 0 Å². The van der Waals surface area contributed by atoms with E-state index in [4.69, 9.17) is 0 Å². The van der Waals surface area contributed by atoms with Gasteiger partial charge in [0.15, 0.2) is 0 Å². The quantitative estimate of drug-likeness (QED) is 0.836. The van der Waals surface area contributed by atoms with E-state index < -0.39 is 0 Å². The van der Waals surface area contributed by atoms with Crippen molar-refractivity contribution in [3.8, 4) is 0 Å². The number of rotatable bonds is 6. The molecule has 0 bridgehead atoms. The second-order valence-electron chi connectivity index (χ2n) is 7.48. The van der Waals surface area contributed by atoms with E-state index in [1.807, 2.05) is 31.2 Å². The highest BCUT2D eigenvalue weighted by atomic mass is 16.1. The Hall–Kier alpha value is -2.33. The first-order valence-corrected chi connectivity index (χ1v) is 9.51. The molecular formula is C22H30N3O+. The summed E-state index contributed by atoms with van der Waals surface area (Å²) in [5.41, 5.74) is 4.35. The van der Waals surface area contributed by atoms with Gasteiger partial charge in [0.2, 0.25) is 0 Å². The summed E-state index contributed by atoms with van der Waals surface area (Å²) < 4.78 is 0. The molecule has 1 saturated heterocycles. The molecule has 0 aromatic heterocycles. The Bertz CT molecular complexity index is 733. The van der Waals surface area contributed by atoms with Crippen molar-refractivity contribution >= 4 is 11.6 Å². The predicted octanol–water partition coefficient (Wildman–Crippen LogP) is 2.21. The highest BCUT2D eigenvalue weighted by molar-refractivity contribution is 5.94. The molecule has 2 N–H and O–H groups in total. The Kier molecular flexibility index (Phi) is 5.94. The molecule has 1 aliphatic rings. The van der Waals surface area contributed by atoms with Crippen LogP contribution in [-0.4, -0.2) is 39.6 Å². The van der Waals surface area contributed by atoms with Gasteiger partial charge in [0.05, 0.1) is 19.6 Å². The zero-order valence-corrected chi connectivity index (χ0v) is 16.1. The monoisotopic (exact) mass is 352 g/mol. The second-order valence-corrected chi connectivity index (χ2v) is 7.48.